The van der Waals surface area contributed by atoms with Gasteiger partial charge in [0.2, 0.25) is 17.8 Å². The summed E-state index contributed by atoms with van der Waals surface area (Å²) < 4.78 is 0. The lowest BCUT2D eigenvalue weighted by Crippen LogP contribution is -2.33. The van der Waals surface area contributed by atoms with E-state index in [4.69, 9.17) is 5.73 Å². The van der Waals surface area contributed by atoms with Crippen molar-refractivity contribution >= 4 is 35.3 Å². The third-order valence-corrected chi connectivity index (χ3v) is 4.25. The number of carbonyl (C=O) groups is 1. The van der Waals surface area contributed by atoms with Crippen LogP contribution in [0.3, 0.4) is 0 Å². The molecule has 0 saturated heterocycles. The average molecular weight is 360 g/mol. The van der Waals surface area contributed by atoms with Gasteiger partial charge in [-0.3, -0.25) is 4.79 Å². The first-order valence-electron chi connectivity index (χ1n) is 8.26. The SMILES string of the molecule is CCC[C@@H](C)NC(=O)CSCc1nc(N)nc(Nc2ccccc2)n1. The highest BCUT2D eigenvalue weighted by molar-refractivity contribution is 7.99. The fourth-order valence-electron chi connectivity index (χ4n) is 2.27. The van der Waals surface area contributed by atoms with Gasteiger partial charge in [-0.05, 0) is 25.5 Å². The summed E-state index contributed by atoms with van der Waals surface area (Å²) in [5.74, 6) is 1.98. The molecule has 0 radical (unpaired) electrons. The number of nitrogens with two attached hydrogens (primary N) is 1. The van der Waals surface area contributed by atoms with Crippen molar-refractivity contribution in [3.63, 3.8) is 0 Å². The number of hydrogen-bond acceptors (Lipinski definition) is 7. The van der Waals surface area contributed by atoms with Gasteiger partial charge in [-0.25, -0.2) is 0 Å². The van der Waals surface area contributed by atoms with Crippen molar-refractivity contribution in [3.8, 4) is 0 Å². The molecule has 0 aliphatic heterocycles. The van der Waals surface area contributed by atoms with E-state index in [1.54, 1.807) is 0 Å². The highest BCUT2D eigenvalue weighted by Crippen LogP contribution is 2.15. The highest BCUT2D eigenvalue weighted by atomic mass is 32.2. The van der Waals surface area contributed by atoms with Crippen LogP contribution in [0, 0.1) is 0 Å². The van der Waals surface area contributed by atoms with Crippen LogP contribution in [0.15, 0.2) is 30.3 Å². The lowest BCUT2D eigenvalue weighted by molar-refractivity contribution is -0.119. The van der Waals surface area contributed by atoms with Crippen LogP contribution in [0.1, 0.15) is 32.5 Å². The molecule has 1 atom stereocenters. The van der Waals surface area contributed by atoms with Gasteiger partial charge in [0, 0.05) is 11.7 Å². The second-order valence-corrected chi connectivity index (χ2v) is 6.66. The van der Waals surface area contributed by atoms with E-state index in [0.29, 0.717) is 23.3 Å². The van der Waals surface area contributed by atoms with E-state index in [1.165, 1.54) is 11.8 Å². The van der Waals surface area contributed by atoms with Gasteiger partial charge < -0.3 is 16.4 Å². The van der Waals surface area contributed by atoms with Gasteiger partial charge in [-0.1, -0.05) is 31.5 Å². The average Bonchev–Trinajstić information content (AvgIpc) is 2.55. The summed E-state index contributed by atoms with van der Waals surface area (Å²) in [6.07, 6.45) is 2.03. The molecule has 7 nitrogen and oxygen atoms in total. The molecule has 1 amide bonds. The van der Waals surface area contributed by atoms with Crippen LogP contribution < -0.4 is 16.4 Å². The number of hydrogen-bond donors (Lipinski definition) is 3. The molecule has 1 heterocycles. The van der Waals surface area contributed by atoms with Crippen LogP contribution in [0.25, 0.3) is 0 Å². The Kier molecular flexibility index (Phi) is 7.46. The fraction of sp³-hybridized carbons (Fsp3) is 0.412. The smallest absolute Gasteiger partial charge is 0.232 e. The number of nitrogens with zero attached hydrogens (tertiary/aromatic N) is 3. The zero-order valence-electron chi connectivity index (χ0n) is 14.5. The van der Waals surface area contributed by atoms with Crippen molar-refractivity contribution in [2.75, 3.05) is 16.8 Å². The minimum atomic E-state index is 0.0237. The van der Waals surface area contributed by atoms with Crippen molar-refractivity contribution in [1.29, 1.82) is 0 Å². The summed E-state index contributed by atoms with van der Waals surface area (Å²) in [6.45, 7) is 4.12. The maximum absolute atomic E-state index is 11.9. The van der Waals surface area contributed by atoms with Gasteiger partial charge in [0.05, 0.1) is 11.5 Å². The Morgan fingerprint density at radius 3 is 2.72 bits per heavy atom. The fourth-order valence-corrected chi connectivity index (χ4v) is 2.95. The number of nitrogens with one attached hydrogen (secondary N) is 2. The number of rotatable bonds is 9. The lowest BCUT2D eigenvalue weighted by Gasteiger charge is -2.12. The molecule has 134 valence electrons. The Labute approximate surface area is 152 Å². The van der Waals surface area contributed by atoms with E-state index in [2.05, 4.69) is 32.5 Å². The van der Waals surface area contributed by atoms with Gasteiger partial charge in [-0.15, -0.1) is 11.8 Å². The Hall–Kier alpha value is -2.35. The third kappa shape index (κ3) is 6.96. The Balaban J connectivity index is 1.86. The van der Waals surface area contributed by atoms with E-state index in [1.807, 2.05) is 37.3 Å². The normalized spacial score (nSPS) is 11.8. The predicted molar refractivity (Wildman–Crippen MR) is 103 cm³/mol. The van der Waals surface area contributed by atoms with Gasteiger partial charge in [-0.2, -0.15) is 15.0 Å². The highest BCUT2D eigenvalue weighted by Gasteiger charge is 2.09. The summed E-state index contributed by atoms with van der Waals surface area (Å²) in [5.41, 5.74) is 6.62. The number of carbonyl (C=O) groups excluding carboxylic acids is 1. The number of amides is 1. The van der Waals surface area contributed by atoms with Crippen molar-refractivity contribution in [1.82, 2.24) is 20.3 Å². The van der Waals surface area contributed by atoms with Crippen molar-refractivity contribution in [3.05, 3.63) is 36.2 Å². The second kappa shape index (κ2) is 9.83. The molecule has 0 saturated carbocycles. The molecule has 2 rings (SSSR count). The first kappa shape index (κ1) is 19.0. The monoisotopic (exact) mass is 360 g/mol. The van der Waals surface area contributed by atoms with Gasteiger partial charge >= 0.3 is 0 Å². The predicted octanol–water partition coefficient (Wildman–Crippen LogP) is 2.74. The molecular weight excluding hydrogens is 336 g/mol. The second-order valence-electron chi connectivity index (χ2n) is 5.67. The lowest BCUT2D eigenvalue weighted by atomic mass is 10.2. The molecule has 0 unspecified atom stereocenters. The van der Waals surface area contributed by atoms with Gasteiger partial charge in [0.15, 0.2) is 0 Å². The van der Waals surface area contributed by atoms with E-state index in [-0.39, 0.29) is 17.9 Å². The molecule has 2 aromatic rings. The number of para-hydroxylation sites is 1. The first-order chi connectivity index (χ1) is 12.1. The summed E-state index contributed by atoms with van der Waals surface area (Å²) in [4.78, 5) is 24.4. The van der Waals surface area contributed by atoms with Crippen LogP contribution in [0.5, 0.6) is 0 Å². The van der Waals surface area contributed by atoms with Crippen LogP contribution >= 0.6 is 11.8 Å². The van der Waals surface area contributed by atoms with Crippen LogP contribution in [-0.2, 0) is 10.5 Å². The molecule has 25 heavy (non-hydrogen) atoms. The number of nitrogen functional groups attached to an aromatic ring is 1. The minimum Gasteiger partial charge on any atom is -0.368 e. The molecule has 0 fully saturated rings. The van der Waals surface area contributed by atoms with Gasteiger partial charge in [0.1, 0.15) is 5.82 Å². The maximum Gasteiger partial charge on any atom is 0.232 e. The Morgan fingerprint density at radius 1 is 1.24 bits per heavy atom. The number of anilines is 3. The molecular formula is C17H24N6OS. The molecule has 0 bridgehead atoms. The first-order valence-corrected chi connectivity index (χ1v) is 9.42. The van der Waals surface area contributed by atoms with Gasteiger partial charge in [0.25, 0.3) is 0 Å². The summed E-state index contributed by atoms with van der Waals surface area (Å²) >= 11 is 1.45. The van der Waals surface area contributed by atoms with Crippen LogP contribution in [0.4, 0.5) is 17.6 Å². The molecule has 0 aliphatic carbocycles. The third-order valence-electron chi connectivity index (χ3n) is 3.32. The van der Waals surface area contributed by atoms with E-state index in [0.717, 1.165) is 18.5 Å². The van der Waals surface area contributed by atoms with E-state index >= 15 is 0 Å². The molecule has 8 heteroatoms. The zero-order valence-corrected chi connectivity index (χ0v) is 15.3. The molecule has 0 aliphatic rings. The molecule has 4 N–H and O–H groups in total. The maximum atomic E-state index is 11.9. The van der Waals surface area contributed by atoms with Crippen LogP contribution in [0.2, 0.25) is 0 Å². The minimum absolute atomic E-state index is 0.0237. The number of benzene rings is 1. The Morgan fingerprint density at radius 2 is 2.00 bits per heavy atom. The topological polar surface area (TPSA) is 106 Å². The number of thioether (sulfide) groups is 1. The molecule has 1 aromatic carbocycles. The Bertz CT molecular complexity index is 682. The van der Waals surface area contributed by atoms with Crippen molar-refractivity contribution < 1.29 is 4.79 Å². The quantitative estimate of drug-likeness (QED) is 0.631. The standard InChI is InChI=1S/C17H24N6OS/c1-3-7-12(2)19-15(24)11-25-10-14-21-16(18)23-17(22-14)20-13-8-5-4-6-9-13/h4-6,8-9,12H,3,7,10-11H2,1-2H3,(H,19,24)(H3,18,20,21,22,23)/t12-/m1/s1. The number of aromatic nitrogens is 3. The van der Waals surface area contributed by atoms with Crippen LogP contribution in [-0.4, -0.2) is 32.7 Å². The summed E-state index contributed by atoms with van der Waals surface area (Å²) in [5, 5.41) is 6.07. The molecule has 0 spiro atoms. The van der Waals surface area contributed by atoms with E-state index < -0.39 is 0 Å². The zero-order chi connectivity index (χ0) is 18.1. The van der Waals surface area contributed by atoms with E-state index in [9.17, 15) is 4.79 Å². The summed E-state index contributed by atoms with van der Waals surface area (Å²) in [6, 6.07) is 9.80. The van der Waals surface area contributed by atoms with Crippen molar-refractivity contribution in [2.45, 2.75) is 38.5 Å². The largest absolute Gasteiger partial charge is 0.368 e. The summed E-state index contributed by atoms with van der Waals surface area (Å²) in [7, 11) is 0. The molecule has 1 aromatic heterocycles. The van der Waals surface area contributed by atoms with Crippen molar-refractivity contribution in [2.24, 2.45) is 0 Å².